The molecule has 0 aromatic heterocycles. The minimum atomic E-state index is -0.427. The second kappa shape index (κ2) is 5.91. The van der Waals surface area contributed by atoms with Gasteiger partial charge in [0.25, 0.3) is 0 Å². The second-order valence-electron chi connectivity index (χ2n) is 1.86. The van der Waals surface area contributed by atoms with Gasteiger partial charge in [0.1, 0.15) is 0 Å². The maximum absolute atomic E-state index is 10.6. The Bertz CT molecular complexity index is 150. The minimum Gasteiger partial charge on any atom is -0.450 e. The van der Waals surface area contributed by atoms with Crippen LogP contribution in [0.3, 0.4) is 0 Å². The number of carbonyl (C=O) groups is 1. The lowest BCUT2D eigenvalue weighted by atomic mass is 10.4. The molecule has 0 unspecified atom stereocenters. The Kier molecular flexibility index (Phi) is 5.46. The van der Waals surface area contributed by atoms with E-state index in [1.54, 1.807) is 6.92 Å². The van der Waals surface area contributed by atoms with E-state index in [0.717, 1.165) is 0 Å². The molecule has 0 heterocycles. The first-order valence-electron chi connectivity index (χ1n) is 3.35. The lowest BCUT2D eigenvalue weighted by Crippen LogP contribution is -2.27. The summed E-state index contributed by atoms with van der Waals surface area (Å²) in [6.07, 6.45) is 0.0810. The van der Waals surface area contributed by atoms with E-state index in [1.165, 1.54) is 0 Å². The summed E-state index contributed by atoms with van der Waals surface area (Å²) in [7, 11) is 0. The fourth-order valence-electron chi connectivity index (χ4n) is 0.470. The smallest absolute Gasteiger partial charge is 0.407 e. The number of nitrogens with one attached hydrogen (secondary N) is 1. The van der Waals surface area contributed by atoms with E-state index < -0.39 is 6.09 Å². The summed E-state index contributed by atoms with van der Waals surface area (Å²) in [6.45, 7) is 2.56. The highest BCUT2D eigenvalue weighted by Gasteiger charge is 1.97. The summed E-state index contributed by atoms with van der Waals surface area (Å²) in [5, 5.41) is 2.49. The summed E-state index contributed by atoms with van der Waals surface area (Å²) in [5.41, 5.74) is 5.19. The van der Waals surface area contributed by atoms with Crippen molar-refractivity contribution in [3.63, 3.8) is 0 Å². The topological polar surface area (TPSA) is 64.3 Å². The minimum absolute atomic E-state index is 0.374. The first-order valence-corrected chi connectivity index (χ1v) is 3.76. The van der Waals surface area contributed by atoms with E-state index in [1.807, 2.05) is 0 Å². The number of carbonyl (C=O) groups excluding carboxylic acids is 1. The second-order valence-corrected chi connectivity index (χ2v) is 2.39. The number of ether oxygens (including phenoxy) is 1. The summed E-state index contributed by atoms with van der Waals surface area (Å²) < 4.78 is 4.59. The maximum atomic E-state index is 10.6. The van der Waals surface area contributed by atoms with Crippen molar-refractivity contribution < 1.29 is 9.53 Å². The van der Waals surface area contributed by atoms with Gasteiger partial charge in [0.15, 0.2) is 0 Å². The van der Waals surface area contributed by atoms with Crippen LogP contribution in [0, 0.1) is 0 Å². The molecule has 0 rings (SSSR count). The highest BCUT2D eigenvalue weighted by Crippen LogP contribution is 1.79. The van der Waals surface area contributed by atoms with Crippen LogP contribution >= 0.6 is 12.2 Å². The fourth-order valence-corrected chi connectivity index (χ4v) is 0.572. The lowest BCUT2D eigenvalue weighted by molar-refractivity contribution is 0.152. The third-order valence-electron chi connectivity index (χ3n) is 0.916. The van der Waals surface area contributed by atoms with Crippen LogP contribution in [0.5, 0.6) is 0 Å². The molecule has 0 aromatic rings. The Morgan fingerprint density at radius 2 is 2.36 bits per heavy atom. The standard InChI is InChI=1S/C6H12N2O2S/c1-2-10-6(9)8-4-3-5(7)11/h2-4H2,1H3,(H2,7,11)(H,8,9). The van der Waals surface area contributed by atoms with Gasteiger partial charge in [0.2, 0.25) is 0 Å². The molecule has 0 spiro atoms. The van der Waals surface area contributed by atoms with Crippen molar-refractivity contribution in [1.82, 2.24) is 5.32 Å². The number of amides is 1. The zero-order chi connectivity index (χ0) is 8.69. The Morgan fingerprint density at radius 1 is 1.73 bits per heavy atom. The largest absolute Gasteiger partial charge is 0.450 e. The molecule has 0 saturated carbocycles. The highest BCUT2D eigenvalue weighted by atomic mass is 32.1. The van der Waals surface area contributed by atoms with Crippen LogP contribution in [0.25, 0.3) is 0 Å². The molecule has 64 valence electrons. The van der Waals surface area contributed by atoms with Crippen LogP contribution in [0.4, 0.5) is 4.79 Å². The monoisotopic (exact) mass is 176 g/mol. The predicted molar refractivity (Wildman–Crippen MR) is 46.4 cm³/mol. The molecule has 0 radical (unpaired) electrons. The lowest BCUT2D eigenvalue weighted by Gasteiger charge is -2.03. The van der Waals surface area contributed by atoms with Gasteiger partial charge in [-0.2, -0.15) is 0 Å². The van der Waals surface area contributed by atoms with Crippen molar-refractivity contribution in [2.24, 2.45) is 5.73 Å². The van der Waals surface area contributed by atoms with Crippen molar-refractivity contribution >= 4 is 23.3 Å². The van der Waals surface area contributed by atoms with E-state index >= 15 is 0 Å². The molecular weight excluding hydrogens is 164 g/mol. The molecular formula is C6H12N2O2S. The first kappa shape index (κ1) is 10.2. The van der Waals surface area contributed by atoms with Gasteiger partial charge in [0, 0.05) is 13.0 Å². The number of thiocarbonyl (C=S) groups is 1. The SMILES string of the molecule is CCOC(=O)NCCC(N)=S. The van der Waals surface area contributed by atoms with Crippen molar-refractivity contribution in [2.45, 2.75) is 13.3 Å². The van der Waals surface area contributed by atoms with Gasteiger partial charge >= 0.3 is 6.09 Å². The molecule has 0 aromatic carbocycles. The Labute approximate surface area is 71.1 Å². The number of hydrogen-bond acceptors (Lipinski definition) is 3. The molecule has 0 fully saturated rings. The Morgan fingerprint density at radius 3 is 2.82 bits per heavy atom. The summed E-state index contributed by atoms with van der Waals surface area (Å²) in [5.74, 6) is 0. The summed E-state index contributed by atoms with van der Waals surface area (Å²) in [4.78, 5) is 11.0. The fraction of sp³-hybridized carbons (Fsp3) is 0.667. The molecule has 0 saturated heterocycles. The van der Waals surface area contributed by atoms with Crippen molar-refractivity contribution in [2.75, 3.05) is 13.2 Å². The normalized spacial score (nSPS) is 8.82. The molecule has 4 nitrogen and oxygen atoms in total. The van der Waals surface area contributed by atoms with E-state index in [2.05, 4.69) is 22.3 Å². The molecule has 11 heavy (non-hydrogen) atoms. The quantitative estimate of drug-likeness (QED) is 0.609. The first-order chi connectivity index (χ1) is 5.16. The molecule has 0 aliphatic rings. The summed E-state index contributed by atoms with van der Waals surface area (Å²) in [6, 6.07) is 0. The highest BCUT2D eigenvalue weighted by molar-refractivity contribution is 7.80. The van der Waals surface area contributed by atoms with Crippen LogP contribution in [0.15, 0.2) is 0 Å². The molecule has 5 heteroatoms. The van der Waals surface area contributed by atoms with E-state index in [4.69, 9.17) is 5.73 Å². The zero-order valence-electron chi connectivity index (χ0n) is 6.42. The molecule has 3 N–H and O–H groups in total. The molecule has 0 bridgehead atoms. The molecule has 0 atom stereocenters. The Balaban J connectivity index is 3.24. The number of hydrogen-bond donors (Lipinski definition) is 2. The molecule has 0 aliphatic heterocycles. The average Bonchev–Trinajstić information content (AvgIpc) is 1.87. The third-order valence-corrected chi connectivity index (χ3v) is 1.12. The summed E-state index contributed by atoms with van der Waals surface area (Å²) >= 11 is 4.60. The van der Waals surface area contributed by atoms with Gasteiger partial charge in [-0.15, -0.1) is 0 Å². The van der Waals surface area contributed by atoms with Crippen LogP contribution in [-0.2, 0) is 4.74 Å². The Hall–Kier alpha value is -0.840. The van der Waals surface area contributed by atoms with Crippen LogP contribution in [0.2, 0.25) is 0 Å². The third kappa shape index (κ3) is 7.05. The predicted octanol–water partition coefficient (Wildman–Crippen LogP) is 0.409. The van der Waals surface area contributed by atoms with Crippen molar-refractivity contribution in [1.29, 1.82) is 0 Å². The van der Waals surface area contributed by atoms with Gasteiger partial charge in [0.05, 0.1) is 11.6 Å². The maximum Gasteiger partial charge on any atom is 0.407 e. The van der Waals surface area contributed by atoms with Gasteiger partial charge in [-0.1, -0.05) is 12.2 Å². The van der Waals surface area contributed by atoms with Gasteiger partial charge < -0.3 is 15.8 Å². The van der Waals surface area contributed by atoms with E-state index in [9.17, 15) is 4.79 Å². The van der Waals surface area contributed by atoms with Crippen LogP contribution in [0.1, 0.15) is 13.3 Å². The van der Waals surface area contributed by atoms with Gasteiger partial charge in [-0.05, 0) is 6.92 Å². The van der Waals surface area contributed by atoms with Crippen molar-refractivity contribution in [3.05, 3.63) is 0 Å². The van der Waals surface area contributed by atoms with E-state index in [-0.39, 0.29) is 0 Å². The number of nitrogens with two attached hydrogens (primary N) is 1. The number of rotatable bonds is 4. The van der Waals surface area contributed by atoms with Crippen LogP contribution < -0.4 is 11.1 Å². The van der Waals surface area contributed by atoms with Crippen molar-refractivity contribution in [3.8, 4) is 0 Å². The number of alkyl carbamates (subject to hydrolysis) is 1. The van der Waals surface area contributed by atoms with Gasteiger partial charge in [-0.25, -0.2) is 4.79 Å². The van der Waals surface area contributed by atoms with Gasteiger partial charge in [-0.3, -0.25) is 0 Å². The average molecular weight is 176 g/mol. The zero-order valence-corrected chi connectivity index (χ0v) is 7.24. The molecule has 0 aliphatic carbocycles. The van der Waals surface area contributed by atoms with E-state index in [0.29, 0.717) is 24.6 Å². The molecule has 1 amide bonds. The van der Waals surface area contributed by atoms with Crippen LogP contribution in [-0.4, -0.2) is 24.2 Å².